The summed E-state index contributed by atoms with van der Waals surface area (Å²) in [6.45, 7) is 2.77. The summed E-state index contributed by atoms with van der Waals surface area (Å²) in [5, 5.41) is 10.9. The molecule has 1 saturated heterocycles. The molecule has 1 N–H and O–H groups in total. The molecule has 0 spiro atoms. The molecular formula is C20H21NO6. The van der Waals surface area contributed by atoms with E-state index in [1.807, 2.05) is 6.92 Å². The fourth-order valence-corrected chi connectivity index (χ4v) is 3.10. The van der Waals surface area contributed by atoms with Crippen LogP contribution in [0.3, 0.4) is 0 Å². The van der Waals surface area contributed by atoms with Gasteiger partial charge in [0.2, 0.25) is 0 Å². The van der Waals surface area contributed by atoms with Crippen molar-refractivity contribution < 1.29 is 28.6 Å². The van der Waals surface area contributed by atoms with E-state index in [-0.39, 0.29) is 24.5 Å². The van der Waals surface area contributed by atoms with Crippen molar-refractivity contribution in [3.63, 3.8) is 0 Å². The highest BCUT2D eigenvalue weighted by Crippen LogP contribution is 2.39. The second-order valence-corrected chi connectivity index (χ2v) is 5.96. The number of rotatable bonds is 7. The minimum atomic E-state index is -0.814. The minimum absolute atomic E-state index is 0.0142. The average molecular weight is 371 g/mol. The van der Waals surface area contributed by atoms with Crippen molar-refractivity contribution in [1.82, 2.24) is 4.90 Å². The van der Waals surface area contributed by atoms with Crippen molar-refractivity contribution in [1.29, 1.82) is 0 Å². The quantitative estimate of drug-likeness (QED) is 0.457. The zero-order valence-electron chi connectivity index (χ0n) is 15.2. The first-order chi connectivity index (χ1) is 13.1. The van der Waals surface area contributed by atoms with Crippen LogP contribution in [0.1, 0.15) is 24.3 Å². The summed E-state index contributed by atoms with van der Waals surface area (Å²) < 4.78 is 15.9. The molecule has 2 aromatic rings. The number of furan rings is 1. The molecule has 3 rings (SSSR count). The molecule has 0 bridgehead atoms. The summed E-state index contributed by atoms with van der Waals surface area (Å²) in [6, 6.07) is 9.26. The average Bonchev–Trinajstić information content (AvgIpc) is 3.28. The molecule has 1 aliphatic rings. The Morgan fingerprint density at radius 2 is 2.07 bits per heavy atom. The van der Waals surface area contributed by atoms with Gasteiger partial charge in [0, 0.05) is 19.2 Å². The number of aliphatic hydroxyl groups excluding tert-OH is 1. The van der Waals surface area contributed by atoms with Crippen LogP contribution in [0.2, 0.25) is 0 Å². The van der Waals surface area contributed by atoms with Gasteiger partial charge in [-0.3, -0.25) is 9.59 Å². The molecule has 1 atom stereocenters. The van der Waals surface area contributed by atoms with E-state index in [4.69, 9.17) is 13.9 Å². The van der Waals surface area contributed by atoms with Crippen LogP contribution in [0.4, 0.5) is 0 Å². The first kappa shape index (κ1) is 18.7. The summed E-state index contributed by atoms with van der Waals surface area (Å²) in [6.07, 6.45) is 1.46. The number of ketones is 1. The summed E-state index contributed by atoms with van der Waals surface area (Å²) in [7, 11) is 1.51. The van der Waals surface area contributed by atoms with E-state index >= 15 is 0 Å². The van der Waals surface area contributed by atoms with E-state index in [9.17, 15) is 14.7 Å². The number of methoxy groups -OCH3 is 1. The van der Waals surface area contributed by atoms with Crippen molar-refractivity contribution in [2.24, 2.45) is 0 Å². The second-order valence-electron chi connectivity index (χ2n) is 5.96. The SMILES string of the molecule is CCOc1cccc(/C(O)=C2\C(=O)C(=O)N(CCOC)C2c2ccco2)c1. The van der Waals surface area contributed by atoms with Gasteiger partial charge in [0.15, 0.2) is 0 Å². The van der Waals surface area contributed by atoms with Gasteiger partial charge in [-0.2, -0.15) is 0 Å². The maximum Gasteiger partial charge on any atom is 0.295 e. The van der Waals surface area contributed by atoms with E-state index in [0.717, 1.165) is 0 Å². The Morgan fingerprint density at radius 1 is 1.26 bits per heavy atom. The molecule has 1 aliphatic heterocycles. The predicted octanol–water partition coefficient (Wildman–Crippen LogP) is 2.75. The number of Topliss-reactive ketones (excluding diaryl/α,β-unsaturated/α-hetero) is 1. The predicted molar refractivity (Wildman–Crippen MR) is 97.2 cm³/mol. The topological polar surface area (TPSA) is 89.2 Å². The van der Waals surface area contributed by atoms with Crippen LogP contribution in [0, 0.1) is 0 Å². The van der Waals surface area contributed by atoms with Gasteiger partial charge in [0.05, 0.1) is 25.1 Å². The Bertz CT molecular complexity index is 855. The fraction of sp³-hybridized carbons (Fsp3) is 0.300. The molecule has 1 amide bonds. The number of ether oxygens (including phenoxy) is 2. The molecular weight excluding hydrogens is 350 g/mol. The highest BCUT2D eigenvalue weighted by molar-refractivity contribution is 6.46. The Morgan fingerprint density at radius 3 is 2.74 bits per heavy atom. The van der Waals surface area contributed by atoms with Crippen LogP contribution < -0.4 is 4.74 Å². The molecule has 0 aliphatic carbocycles. The number of aliphatic hydroxyl groups is 1. The number of carbonyl (C=O) groups is 2. The fourth-order valence-electron chi connectivity index (χ4n) is 3.10. The monoisotopic (exact) mass is 371 g/mol. The summed E-state index contributed by atoms with van der Waals surface area (Å²) in [4.78, 5) is 26.6. The number of carbonyl (C=O) groups excluding carboxylic acids is 2. The summed E-state index contributed by atoms with van der Waals surface area (Å²) >= 11 is 0. The number of likely N-dealkylation sites (tertiary alicyclic amines) is 1. The Hall–Kier alpha value is -3.06. The van der Waals surface area contributed by atoms with Crippen molar-refractivity contribution in [3.05, 3.63) is 59.6 Å². The molecule has 1 aromatic carbocycles. The molecule has 2 heterocycles. The van der Waals surface area contributed by atoms with E-state index in [1.165, 1.54) is 18.3 Å². The van der Waals surface area contributed by atoms with Crippen molar-refractivity contribution in [3.8, 4) is 5.75 Å². The lowest BCUT2D eigenvalue weighted by Crippen LogP contribution is -2.32. The van der Waals surface area contributed by atoms with Gasteiger partial charge in [-0.05, 0) is 31.2 Å². The van der Waals surface area contributed by atoms with Gasteiger partial charge in [-0.15, -0.1) is 0 Å². The molecule has 142 valence electrons. The molecule has 1 aromatic heterocycles. The summed E-state index contributed by atoms with van der Waals surface area (Å²) in [5.74, 6) is -0.767. The lowest BCUT2D eigenvalue weighted by atomic mass is 9.99. The maximum absolute atomic E-state index is 12.7. The Kier molecular flexibility index (Phi) is 5.61. The largest absolute Gasteiger partial charge is 0.507 e. The van der Waals surface area contributed by atoms with Gasteiger partial charge in [-0.1, -0.05) is 12.1 Å². The standard InChI is InChI=1S/C20H21NO6/c1-3-26-14-7-4-6-13(12-14)18(22)16-17(15-8-5-10-27-15)21(9-11-25-2)20(24)19(16)23/h4-8,10,12,17,22H,3,9,11H2,1-2H3/b18-16+. The summed E-state index contributed by atoms with van der Waals surface area (Å²) in [5.41, 5.74) is 0.377. The van der Waals surface area contributed by atoms with Gasteiger partial charge in [0.25, 0.3) is 11.7 Å². The molecule has 7 nitrogen and oxygen atoms in total. The first-order valence-electron chi connectivity index (χ1n) is 8.62. The first-order valence-corrected chi connectivity index (χ1v) is 8.62. The number of amides is 1. The van der Waals surface area contributed by atoms with Gasteiger partial charge in [0.1, 0.15) is 23.3 Å². The van der Waals surface area contributed by atoms with Crippen LogP contribution in [-0.4, -0.2) is 48.6 Å². The number of hydrogen-bond donors (Lipinski definition) is 1. The van der Waals surface area contributed by atoms with E-state index in [0.29, 0.717) is 23.7 Å². The van der Waals surface area contributed by atoms with Gasteiger partial charge >= 0.3 is 0 Å². The Labute approximate surface area is 156 Å². The number of nitrogens with zero attached hydrogens (tertiary/aromatic N) is 1. The van der Waals surface area contributed by atoms with Crippen molar-refractivity contribution in [2.75, 3.05) is 26.9 Å². The van der Waals surface area contributed by atoms with Crippen LogP contribution in [0.25, 0.3) is 5.76 Å². The van der Waals surface area contributed by atoms with Crippen LogP contribution in [-0.2, 0) is 14.3 Å². The third-order valence-electron chi connectivity index (χ3n) is 4.31. The van der Waals surface area contributed by atoms with Crippen LogP contribution in [0.15, 0.2) is 52.7 Å². The zero-order chi connectivity index (χ0) is 19.4. The maximum atomic E-state index is 12.7. The molecule has 1 fully saturated rings. The lowest BCUT2D eigenvalue weighted by Gasteiger charge is -2.22. The van der Waals surface area contributed by atoms with Crippen molar-refractivity contribution >= 4 is 17.4 Å². The minimum Gasteiger partial charge on any atom is -0.507 e. The third-order valence-corrected chi connectivity index (χ3v) is 4.31. The molecule has 1 unspecified atom stereocenters. The molecule has 0 saturated carbocycles. The zero-order valence-corrected chi connectivity index (χ0v) is 15.2. The highest BCUT2D eigenvalue weighted by atomic mass is 16.5. The van der Waals surface area contributed by atoms with E-state index in [1.54, 1.807) is 36.4 Å². The molecule has 7 heteroatoms. The van der Waals surface area contributed by atoms with Gasteiger partial charge < -0.3 is 23.9 Å². The highest BCUT2D eigenvalue weighted by Gasteiger charge is 2.47. The number of benzene rings is 1. The van der Waals surface area contributed by atoms with Gasteiger partial charge in [-0.25, -0.2) is 0 Å². The molecule has 0 radical (unpaired) electrons. The number of hydrogen-bond acceptors (Lipinski definition) is 6. The van der Waals surface area contributed by atoms with Crippen LogP contribution >= 0.6 is 0 Å². The third kappa shape index (κ3) is 3.59. The van der Waals surface area contributed by atoms with E-state index < -0.39 is 17.7 Å². The smallest absolute Gasteiger partial charge is 0.295 e. The normalized spacial score (nSPS) is 18.9. The second kappa shape index (κ2) is 8.09. The van der Waals surface area contributed by atoms with E-state index in [2.05, 4.69) is 0 Å². The molecule has 27 heavy (non-hydrogen) atoms. The van der Waals surface area contributed by atoms with Crippen molar-refractivity contribution in [2.45, 2.75) is 13.0 Å². The lowest BCUT2D eigenvalue weighted by molar-refractivity contribution is -0.140. The van der Waals surface area contributed by atoms with Crippen LogP contribution in [0.5, 0.6) is 5.75 Å². The Balaban J connectivity index is 2.10.